The highest BCUT2D eigenvalue weighted by atomic mass is 32.1. The third-order valence-corrected chi connectivity index (χ3v) is 5.05. The van der Waals surface area contributed by atoms with Crippen molar-refractivity contribution in [2.75, 3.05) is 30.3 Å². The van der Waals surface area contributed by atoms with Crippen LogP contribution in [0.15, 0.2) is 41.8 Å². The van der Waals surface area contributed by atoms with Gasteiger partial charge < -0.3 is 15.0 Å². The molecule has 7 heteroatoms. The van der Waals surface area contributed by atoms with Crippen LogP contribution in [0.1, 0.15) is 19.8 Å². The van der Waals surface area contributed by atoms with Gasteiger partial charge in [-0.3, -0.25) is 10.1 Å². The van der Waals surface area contributed by atoms with Crippen molar-refractivity contribution in [2.45, 2.75) is 19.8 Å². The second kappa shape index (κ2) is 8.71. The Bertz CT molecular complexity index is 731. The maximum Gasteiger partial charge on any atom is 0.322 e. The molecule has 1 saturated heterocycles. The molecular formula is C19H23N3O3S. The zero-order valence-electron chi connectivity index (χ0n) is 14.7. The fourth-order valence-electron chi connectivity index (χ4n) is 2.96. The summed E-state index contributed by atoms with van der Waals surface area (Å²) in [4.78, 5) is 26.6. The molecule has 0 radical (unpaired) electrons. The number of urea groups is 1. The number of hydrogen-bond donors (Lipinski definition) is 2. The zero-order valence-corrected chi connectivity index (χ0v) is 15.6. The molecule has 1 aromatic carbocycles. The highest BCUT2D eigenvalue weighted by Crippen LogP contribution is 2.22. The summed E-state index contributed by atoms with van der Waals surface area (Å²) in [6, 6.07) is 10.9. The first-order valence-corrected chi connectivity index (χ1v) is 9.67. The van der Waals surface area contributed by atoms with Crippen molar-refractivity contribution in [3.05, 3.63) is 41.8 Å². The largest absolute Gasteiger partial charge is 0.494 e. The number of nitrogens with zero attached hydrogens (tertiary/aromatic N) is 1. The van der Waals surface area contributed by atoms with Crippen LogP contribution in [0.5, 0.6) is 5.75 Å². The highest BCUT2D eigenvalue weighted by Gasteiger charge is 2.28. The number of carbonyl (C=O) groups excluding carboxylic acids is 2. The number of ether oxygens (including phenoxy) is 1. The Balaban J connectivity index is 1.54. The fraction of sp³-hybridized carbons (Fsp3) is 0.368. The van der Waals surface area contributed by atoms with E-state index in [-0.39, 0.29) is 17.9 Å². The summed E-state index contributed by atoms with van der Waals surface area (Å²) in [6.07, 6.45) is 1.60. The molecule has 0 spiro atoms. The third kappa shape index (κ3) is 4.76. The van der Waals surface area contributed by atoms with Crippen molar-refractivity contribution in [3.63, 3.8) is 0 Å². The van der Waals surface area contributed by atoms with Gasteiger partial charge in [0.05, 0.1) is 17.5 Å². The Kier molecular flexibility index (Phi) is 6.12. The lowest BCUT2D eigenvalue weighted by Gasteiger charge is -2.31. The summed E-state index contributed by atoms with van der Waals surface area (Å²) < 4.78 is 5.40. The van der Waals surface area contributed by atoms with Gasteiger partial charge in [-0.05, 0) is 61.5 Å². The van der Waals surface area contributed by atoms with Crippen molar-refractivity contribution in [1.82, 2.24) is 4.90 Å². The van der Waals surface area contributed by atoms with E-state index in [1.54, 1.807) is 4.90 Å². The molecule has 2 aromatic rings. The van der Waals surface area contributed by atoms with E-state index in [4.69, 9.17) is 4.74 Å². The normalized spacial score (nSPS) is 16.8. The molecule has 1 unspecified atom stereocenters. The maximum absolute atomic E-state index is 12.6. The van der Waals surface area contributed by atoms with Gasteiger partial charge in [-0.2, -0.15) is 0 Å². The number of piperidine rings is 1. The van der Waals surface area contributed by atoms with E-state index in [1.807, 2.05) is 48.7 Å². The Morgan fingerprint density at radius 2 is 2.04 bits per heavy atom. The van der Waals surface area contributed by atoms with Crippen LogP contribution in [-0.4, -0.2) is 36.5 Å². The Morgan fingerprint density at radius 3 is 2.73 bits per heavy atom. The Hall–Kier alpha value is -2.54. The minimum atomic E-state index is -0.204. The van der Waals surface area contributed by atoms with Gasteiger partial charge in [0.1, 0.15) is 5.75 Å². The molecule has 1 aromatic heterocycles. The lowest BCUT2D eigenvalue weighted by Crippen LogP contribution is -2.45. The minimum absolute atomic E-state index is 0.0530. The molecule has 3 rings (SSSR count). The van der Waals surface area contributed by atoms with Crippen LogP contribution in [0.2, 0.25) is 0 Å². The number of amides is 3. The monoisotopic (exact) mass is 373 g/mol. The molecule has 1 aliphatic rings. The van der Waals surface area contributed by atoms with Crippen LogP contribution >= 0.6 is 11.3 Å². The molecule has 3 amide bonds. The maximum atomic E-state index is 12.6. The summed E-state index contributed by atoms with van der Waals surface area (Å²) in [5, 5.41) is 8.55. The van der Waals surface area contributed by atoms with Crippen molar-refractivity contribution in [1.29, 1.82) is 0 Å². The van der Waals surface area contributed by atoms with Crippen molar-refractivity contribution >= 4 is 34.0 Å². The summed E-state index contributed by atoms with van der Waals surface area (Å²) in [5.74, 6) is 0.520. The van der Waals surface area contributed by atoms with E-state index < -0.39 is 0 Å². The summed E-state index contributed by atoms with van der Waals surface area (Å²) in [7, 11) is 0. The number of thiophene rings is 1. The second-order valence-electron chi connectivity index (χ2n) is 6.14. The number of benzene rings is 1. The first kappa shape index (κ1) is 18.3. The minimum Gasteiger partial charge on any atom is -0.494 e. The Labute approximate surface area is 157 Å². The zero-order chi connectivity index (χ0) is 18.4. The number of likely N-dealkylation sites (tertiary alicyclic amines) is 1. The molecule has 1 aliphatic heterocycles. The van der Waals surface area contributed by atoms with Crippen LogP contribution in [0.3, 0.4) is 0 Å². The van der Waals surface area contributed by atoms with E-state index in [0.29, 0.717) is 19.7 Å². The van der Waals surface area contributed by atoms with Gasteiger partial charge in [0.15, 0.2) is 0 Å². The van der Waals surface area contributed by atoms with E-state index in [1.165, 1.54) is 11.3 Å². The second-order valence-corrected chi connectivity index (χ2v) is 7.09. The molecule has 0 saturated carbocycles. The summed E-state index contributed by atoms with van der Waals surface area (Å²) in [5.41, 5.74) is 0.735. The van der Waals surface area contributed by atoms with Crippen LogP contribution < -0.4 is 15.4 Å². The standard InChI is InChI=1S/C19H23N3O3S/c1-2-25-16-9-7-15(8-10-16)20-18(23)14-5-3-11-22(13-14)19(24)21-17-6-4-12-26-17/h4,6-10,12,14H,2-3,5,11,13H2,1H3,(H,20,23)(H,21,24). The average molecular weight is 373 g/mol. The SMILES string of the molecule is CCOc1ccc(NC(=O)C2CCCN(C(=O)Nc3cccs3)C2)cc1. The predicted octanol–water partition coefficient (Wildman–Crippen LogP) is 4.03. The van der Waals surface area contributed by atoms with Crippen molar-refractivity contribution < 1.29 is 14.3 Å². The van der Waals surface area contributed by atoms with E-state index in [9.17, 15) is 9.59 Å². The topological polar surface area (TPSA) is 70.7 Å². The average Bonchev–Trinajstić information content (AvgIpc) is 3.16. The molecule has 6 nitrogen and oxygen atoms in total. The lowest BCUT2D eigenvalue weighted by atomic mass is 9.97. The highest BCUT2D eigenvalue weighted by molar-refractivity contribution is 7.14. The van der Waals surface area contributed by atoms with Gasteiger partial charge >= 0.3 is 6.03 Å². The third-order valence-electron chi connectivity index (χ3n) is 4.26. The number of nitrogens with one attached hydrogen (secondary N) is 2. The fourth-order valence-corrected chi connectivity index (χ4v) is 3.56. The van der Waals surface area contributed by atoms with Crippen LogP contribution in [0, 0.1) is 5.92 Å². The van der Waals surface area contributed by atoms with Gasteiger partial charge in [0.25, 0.3) is 0 Å². The van der Waals surface area contributed by atoms with Crippen molar-refractivity contribution in [3.8, 4) is 5.75 Å². The molecular weight excluding hydrogens is 350 g/mol. The summed E-state index contributed by atoms with van der Waals surface area (Å²) in [6.45, 7) is 3.64. The first-order chi connectivity index (χ1) is 12.7. The van der Waals surface area contributed by atoms with E-state index in [0.717, 1.165) is 29.3 Å². The molecule has 1 atom stereocenters. The van der Waals surface area contributed by atoms with Gasteiger partial charge in [0, 0.05) is 18.8 Å². The first-order valence-electron chi connectivity index (χ1n) is 8.79. The van der Waals surface area contributed by atoms with Crippen LogP contribution in [0.4, 0.5) is 15.5 Å². The molecule has 2 N–H and O–H groups in total. The van der Waals surface area contributed by atoms with Crippen LogP contribution in [-0.2, 0) is 4.79 Å². The van der Waals surface area contributed by atoms with Gasteiger partial charge in [-0.15, -0.1) is 11.3 Å². The van der Waals surface area contributed by atoms with E-state index in [2.05, 4.69) is 10.6 Å². The van der Waals surface area contributed by atoms with Gasteiger partial charge in [-0.1, -0.05) is 0 Å². The molecule has 26 heavy (non-hydrogen) atoms. The quantitative estimate of drug-likeness (QED) is 0.831. The van der Waals surface area contributed by atoms with Crippen molar-refractivity contribution in [2.24, 2.45) is 5.92 Å². The number of hydrogen-bond acceptors (Lipinski definition) is 4. The van der Waals surface area contributed by atoms with Gasteiger partial charge in [-0.25, -0.2) is 4.79 Å². The lowest BCUT2D eigenvalue weighted by molar-refractivity contribution is -0.121. The molecule has 0 bridgehead atoms. The molecule has 0 aliphatic carbocycles. The summed E-state index contributed by atoms with van der Waals surface area (Å²) >= 11 is 1.48. The number of carbonyl (C=O) groups is 2. The molecule has 2 heterocycles. The van der Waals surface area contributed by atoms with Crippen LogP contribution in [0.25, 0.3) is 0 Å². The Morgan fingerprint density at radius 1 is 1.23 bits per heavy atom. The number of rotatable bonds is 5. The molecule has 1 fully saturated rings. The smallest absolute Gasteiger partial charge is 0.322 e. The van der Waals surface area contributed by atoms with E-state index >= 15 is 0 Å². The number of anilines is 2. The molecule has 138 valence electrons. The predicted molar refractivity (Wildman–Crippen MR) is 104 cm³/mol. The van der Waals surface area contributed by atoms with Gasteiger partial charge in [0.2, 0.25) is 5.91 Å².